The van der Waals surface area contributed by atoms with Crippen LogP contribution in [0.25, 0.3) is 0 Å². The van der Waals surface area contributed by atoms with Crippen LogP contribution in [0.1, 0.15) is 34.1 Å². The third kappa shape index (κ3) is 2.53. The molecule has 1 aromatic heterocycles. The second-order valence-corrected chi connectivity index (χ2v) is 5.98. The second-order valence-electron chi connectivity index (χ2n) is 5.03. The quantitative estimate of drug-likeness (QED) is 0.924. The molecule has 0 bridgehead atoms. The van der Waals surface area contributed by atoms with Crippen LogP contribution in [0.5, 0.6) is 5.75 Å². The van der Waals surface area contributed by atoms with Crippen LogP contribution in [0.3, 0.4) is 0 Å². The molecule has 1 atom stereocenters. The molecule has 1 heterocycles. The van der Waals surface area contributed by atoms with E-state index in [-0.39, 0.29) is 0 Å². The lowest BCUT2D eigenvalue weighted by Gasteiger charge is -2.12. The SMILES string of the molecule is COc1ccsc1C(O)Cc1ccc2c(c1)CCC2. The van der Waals surface area contributed by atoms with E-state index in [1.165, 1.54) is 36.0 Å². The van der Waals surface area contributed by atoms with Crippen LogP contribution < -0.4 is 4.74 Å². The lowest BCUT2D eigenvalue weighted by atomic mass is 10.0. The van der Waals surface area contributed by atoms with Gasteiger partial charge in [-0.2, -0.15) is 0 Å². The lowest BCUT2D eigenvalue weighted by Crippen LogP contribution is -2.02. The number of rotatable bonds is 4. The van der Waals surface area contributed by atoms with Gasteiger partial charge in [0.2, 0.25) is 0 Å². The summed E-state index contributed by atoms with van der Waals surface area (Å²) < 4.78 is 5.27. The first-order valence-electron chi connectivity index (χ1n) is 6.68. The standard InChI is InChI=1S/C16H18O2S/c1-18-15-7-8-19-16(15)14(17)10-11-5-6-12-3-2-4-13(12)9-11/h5-9,14,17H,2-4,10H2,1H3. The van der Waals surface area contributed by atoms with Crippen molar-refractivity contribution >= 4 is 11.3 Å². The molecule has 1 N–H and O–H groups in total. The van der Waals surface area contributed by atoms with Gasteiger partial charge in [0, 0.05) is 6.42 Å². The second kappa shape index (κ2) is 5.35. The van der Waals surface area contributed by atoms with Gasteiger partial charge in [-0.25, -0.2) is 0 Å². The first kappa shape index (κ1) is 12.7. The van der Waals surface area contributed by atoms with Crippen LogP contribution in [0.4, 0.5) is 0 Å². The highest BCUT2D eigenvalue weighted by Crippen LogP contribution is 2.33. The van der Waals surface area contributed by atoms with Crippen LogP contribution in [0, 0.1) is 0 Å². The van der Waals surface area contributed by atoms with Crippen molar-refractivity contribution in [1.82, 2.24) is 0 Å². The summed E-state index contributed by atoms with van der Waals surface area (Å²) in [6.45, 7) is 0. The maximum Gasteiger partial charge on any atom is 0.135 e. The summed E-state index contributed by atoms with van der Waals surface area (Å²) in [4.78, 5) is 0.919. The number of aliphatic hydroxyl groups excluding tert-OH is 1. The van der Waals surface area contributed by atoms with Gasteiger partial charge >= 0.3 is 0 Å². The van der Waals surface area contributed by atoms with Crippen molar-refractivity contribution in [2.45, 2.75) is 31.8 Å². The van der Waals surface area contributed by atoms with Crippen molar-refractivity contribution in [2.75, 3.05) is 7.11 Å². The molecule has 1 aromatic carbocycles. The van der Waals surface area contributed by atoms with Gasteiger partial charge in [0.05, 0.1) is 18.1 Å². The Labute approximate surface area is 117 Å². The molecule has 2 nitrogen and oxygen atoms in total. The van der Waals surface area contributed by atoms with Gasteiger partial charge in [-0.3, -0.25) is 0 Å². The number of benzene rings is 1. The van der Waals surface area contributed by atoms with Crippen molar-refractivity contribution in [3.8, 4) is 5.75 Å². The molecule has 0 amide bonds. The van der Waals surface area contributed by atoms with Crippen LogP contribution in [-0.4, -0.2) is 12.2 Å². The Morgan fingerprint density at radius 3 is 2.95 bits per heavy atom. The monoisotopic (exact) mass is 274 g/mol. The third-order valence-corrected chi connectivity index (χ3v) is 4.77. The van der Waals surface area contributed by atoms with Crippen LogP contribution >= 0.6 is 11.3 Å². The highest BCUT2D eigenvalue weighted by Gasteiger charge is 2.17. The Morgan fingerprint density at radius 2 is 2.11 bits per heavy atom. The summed E-state index contributed by atoms with van der Waals surface area (Å²) >= 11 is 1.55. The zero-order chi connectivity index (χ0) is 13.2. The van der Waals surface area contributed by atoms with Crippen LogP contribution in [0.15, 0.2) is 29.6 Å². The van der Waals surface area contributed by atoms with E-state index in [1.54, 1.807) is 18.4 Å². The highest BCUT2D eigenvalue weighted by atomic mass is 32.1. The fraction of sp³-hybridized carbons (Fsp3) is 0.375. The summed E-state index contributed by atoms with van der Waals surface area (Å²) in [5, 5.41) is 12.3. The van der Waals surface area contributed by atoms with E-state index in [9.17, 15) is 5.11 Å². The summed E-state index contributed by atoms with van der Waals surface area (Å²) in [5.74, 6) is 0.790. The van der Waals surface area contributed by atoms with Gasteiger partial charge in [0.15, 0.2) is 0 Å². The smallest absolute Gasteiger partial charge is 0.135 e. The topological polar surface area (TPSA) is 29.5 Å². The Morgan fingerprint density at radius 1 is 1.26 bits per heavy atom. The Bertz CT molecular complexity index is 574. The number of aryl methyl sites for hydroxylation is 2. The van der Waals surface area contributed by atoms with E-state index < -0.39 is 6.10 Å². The van der Waals surface area contributed by atoms with E-state index >= 15 is 0 Å². The average molecular weight is 274 g/mol. The van der Waals surface area contributed by atoms with Gasteiger partial charge in [-0.05, 0) is 47.4 Å². The zero-order valence-corrected chi connectivity index (χ0v) is 11.9. The van der Waals surface area contributed by atoms with Crippen LogP contribution in [0.2, 0.25) is 0 Å². The Balaban J connectivity index is 1.78. The Kier molecular flexibility index (Phi) is 3.58. The van der Waals surface area contributed by atoms with Crippen molar-refractivity contribution in [3.63, 3.8) is 0 Å². The molecular formula is C16H18O2S. The first-order chi connectivity index (χ1) is 9.28. The summed E-state index contributed by atoms with van der Waals surface area (Å²) in [7, 11) is 1.65. The molecule has 1 aliphatic carbocycles. The van der Waals surface area contributed by atoms with Gasteiger partial charge < -0.3 is 9.84 Å². The number of thiophene rings is 1. The molecule has 0 aliphatic heterocycles. The first-order valence-corrected chi connectivity index (χ1v) is 7.56. The van der Waals surface area contributed by atoms with E-state index in [0.29, 0.717) is 6.42 Å². The fourth-order valence-electron chi connectivity index (χ4n) is 2.79. The van der Waals surface area contributed by atoms with Gasteiger partial charge in [0.1, 0.15) is 5.75 Å². The van der Waals surface area contributed by atoms with Crippen LogP contribution in [-0.2, 0) is 19.3 Å². The van der Waals surface area contributed by atoms with Crippen molar-refractivity contribution in [2.24, 2.45) is 0 Å². The van der Waals surface area contributed by atoms with E-state index in [2.05, 4.69) is 18.2 Å². The normalized spacial score (nSPS) is 15.3. The lowest BCUT2D eigenvalue weighted by molar-refractivity contribution is 0.178. The maximum absolute atomic E-state index is 10.4. The summed E-state index contributed by atoms with van der Waals surface area (Å²) in [5.41, 5.74) is 4.15. The Hall–Kier alpha value is -1.32. The molecule has 2 aromatic rings. The minimum absolute atomic E-state index is 0.477. The van der Waals surface area contributed by atoms with Gasteiger partial charge in [-0.15, -0.1) is 11.3 Å². The molecule has 0 saturated carbocycles. The number of fused-ring (bicyclic) bond motifs is 1. The highest BCUT2D eigenvalue weighted by molar-refractivity contribution is 7.10. The molecule has 3 heteroatoms. The largest absolute Gasteiger partial charge is 0.495 e. The zero-order valence-electron chi connectivity index (χ0n) is 11.1. The number of hydrogen-bond acceptors (Lipinski definition) is 3. The molecule has 19 heavy (non-hydrogen) atoms. The molecule has 0 radical (unpaired) electrons. The van der Waals surface area contributed by atoms with E-state index in [1.807, 2.05) is 11.4 Å². The molecule has 0 saturated heterocycles. The molecule has 0 spiro atoms. The fourth-order valence-corrected chi connectivity index (χ4v) is 3.64. The number of ether oxygens (including phenoxy) is 1. The predicted octanol–water partition coefficient (Wildman–Crippen LogP) is 3.52. The molecule has 0 fully saturated rings. The van der Waals surface area contributed by atoms with Gasteiger partial charge in [0.25, 0.3) is 0 Å². The van der Waals surface area contributed by atoms with Gasteiger partial charge in [-0.1, -0.05) is 18.2 Å². The number of aliphatic hydroxyl groups is 1. The number of hydrogen-bond donors (Lipinski definition) is 1. The van der Waals surface area contributed by atoms with Crippen molar-refractivity contribution < 1.29 is 9.84 Å². The van der Waals surface area contributed by atoms with E-state index in [4.69, 9.17) is 4.74 Å². The molecule has 1 aliphatic rings. The van der Waals surface area contributed by atoms with E-state index in [0.717, 1.165) is 10.6 Å². The molecule has 1 unspecified atom stereocenters. The molecule has 3 rings (SSSR count). The minimum atomic E-state index is -0.477. The molecule has 100 valence electrons. The maximum atomic E-state index is 10.4. The number of methoxy groups -OCH3 is 1. The molecular weight excluding hydrogens is 256 g/mol. The summed E-state index contributed by atoms with van der Waals surface area (Å²) in [6.07, 6.45) is 3.83. The predicted molar refractivity (Wildman–Crippen MR) is 78.0 cm³/mol. The minimum Gasteiger partial charge on any atom is -0.495 e. The van der Waals surface area contributed by atoms with Crippen molar-refractivity contribution in [1.29, 1.82) is 0 Å². The average Bonchev–Trinajstić information content (AvgIpc) is 3.06. The summed E-state index contributed by atoms with van der Waals surface area (Å²) in [6, 6.07) is 8.53. The van der Waals surface area contributed by atoms with Crippen molar-refractivity contribution in [3.05, 3.63) is 51.2 Å². The third-order valence-electron chi connectivity index (χ3n) is 3.77.